The van der Waals surface area contributed by atoms with Gasteiger partial charge in [0.2, 0.25) is 11.8 Å². The highest BCUT2D eigenvalue weighted by atomic mass is 19.1. The first-order valence-corrected chi connectivity index (χ1v) is 9.45. The van der Waals surface area contributed by atoms with Gasteiger partial charge in [-0.25, -0.2) is 4.39 Å². The zero-order valence-corrected chi connectivity index (χ0v) is 16.1. The number of halogens is 1. The first kappa shape index (κ1) is 19.7. The zero-order chi connectivity index (χ0) is 19.9. The molecule has 0 unspecified atom stereocenters. The van der Waals surface area contributed by atoms with Gasteiger partial charge in [0.1, 0.15) is 5.82 Å². The fraction of sp³-hybridized carbons (Fsp3) is 0.318. The van der Waals surface area contributed by atoms with Gasteiger partial charge in [-0.05, 0) is 29.7 Å². The Labute approximate surface area is 164 Å². The summed E-state index contributed by atoms with van der Waals surface area (Å²) in [4.78, 5) is 16.8. The zero-order valence-electron chi connectivity index (χ0n) is 16.1. The normalized spacial score (nSPS) is 12.1. The second kappa shape index (κ2) is 9.26. The highest BCUT2D eigenvalue weighted by Crippen LogP contribution is 2.22. The number of benzene rings is 2. The number of aryl methyl sites for hydroxylation is 1. The van der Waals surface area contributed by atoms with Crippen molar-refractivity contribution in [3.8, 4) is 0 Å². The highest BCUT2D eigenvalue weighted by molar-refractivity contribution is 5.77. The van der Waals surface area contributed by atoms with Gasteiger partial charge in [0.25, 0.3) is 0 Å². The minimum absolute atomic E-state index is 0.0817. The molecule has 0 bridgehead atoms. The molecule has 0 spiro atoms. The Morgan fingerprint density at radius 1 is 1.07 bits per heavy atom. The predicted octanol–water partition coefficient (Wildman–Crippen LogP) is 4.56. The Kier molecular flexibility index (Phi) is 6.53. The number of aromatic nitrogens is 2. The molecule has 6 heteroatoms. The maximum absolute atomic E-state index is 13.3. The van der Waals surface area contributed by atoms with Crippen molar-refractivity contribution in [2.45, 2.75) is 45.1 Å². The summed E-state index contributed by atoms with van der Waals surface area (Å²) >= 11 is 0. The molecule has 1 atom stereocenters. The average molecular weight is 381 g/mol. The third-order valence-corrected chi connectivity index (χ3v) is 4.44. The minimum atomic E-state index is -0.328. The summed E-state index contributed by atoms with van der Waals surface area (Å²) in [5.74, 6) is 1.06. The van der Waals surface area contributed by atoms with Crippen LogP contribution in [0.15, 0.2) is 59.1 Å². The van der Waals surface area contributed by atoms with Crippen LogP contribution in [-0.4, -0.2) is 16.0 Å². The maximum atomic E-state index is 13.3. The molecule has 0 aliphatic rings. The molecule has 3 rings (SSSR count). The van der Waals surface area contributed by atoms with Gasteiger partial charge < -0.3 is 9.84 Å². The molecule has 0 radical (unpaired) electrons. The van der Waals surface area contributed by atoms with Crippen molar-refractivity contribution in [1.29, 1.82) is 0 Å². The molecule has 5 nitrogen and oxygen atoms in total. The van der Waals surface area contributed by atoms with E-state index in [0.717, 1.165) is 11.1 Å². The van der Waals surface area contributed by atoms with Crippen LogP contribution in [-0.2, 0) is 11.2 Å². The summed E-state index contributed by atoms with van der Waals surface area (Å²) in [6.07, 6.45) is 1.50. The van der Waals surface area contributed by atoms with Crippen LogP contribution in [0.4, 0.5) is 4.39 Å². The molecule has 0 saturated heterocycles. The number of nitrogens with one attached hydrogen (secondary N) is 1. The number of rotatable bonds is 8. The van der Waals surface area contributed by atoms with E-state index in [9.17, 15) is 9.18 Å². The number of nitrogens with zero attached hydrogens (tertiary/aromatic N) is 2. The van der Waals surface area contributed by atoms with Gasteiger partial charge in [-0.1, -0.05) is 61.5 Å². The molecule has 1 heterocycles. The molecule has 0 saturated carbocycles. The molecular weight excluding hydrogens is 357 g/mol. The largest absolute Gasteiger partial charge is 0.345 e. The molecule has 146 valence electrons. The number of hydrogen-bond acceptors (Lipinski definition) is 4. The van der Waals surface area contributed by atoms with Crippen molar-refractivity contribution in [3.63, 3.8) is 0 Å². The fourth-order valence-corrected chi connectivity index (χ4v) is 2.90. The van der Waals surface area contributed by atoms with Crippen LogP contribution >= 0.6 is 0 Å². The minimum Gasteiger partial charge on any atom is -0.345 e. The summed E-state index contributed by atoms with van der Waals surface area (Å²) in [5, 5.41) is 6.98. The third kappa shape index (κ3) is 5.25. The number of hydrogen-bond donors (Lipinski definition) is 1. The van der Waals surface area contributed by atoms with Crippen molar-refractivity contribution < 1.29 is 13.7 Å². The molecule has 1 N–H and O–H groups in total. The molecule has 0 fully saturated rings. The van der Waals surface area contributed by atoms with E-state index < -0.39 is 0 Å². The van der Waals surface area contributed by atoms with Crippen LogP contribution in [0, 0.1) is 5.82 Å². The molecule has 28 heavy (non-hydrogen) atoms. The Balaban J connectivity index is 1.61. The molecule has 3 aromatic rings. The smallest absolute Gasteiger partial charge is 0.226 e. The lowest BCUT2D eigenvalue weighted by Crippen LogP contribution is -2.29. The van der Waals surface area contributed by atoms with Gasteiger partial charge in [0, 0.05) is 18.8 Å². The lowest BCUT2D eigenvalue weighted by molar-refractivity contribution is -0.121. The Hall–Kier alpha value is -3.02. The van der Waals surface area contributed by atoms with Crippen molar-refractivity contribution in [2.24, 2.45) is 0 Å². The summed E-state index contributed by atoms with van der Waals surface area (Å²) in [6.45, 7) is 4.00. The summed E-state index contributed by atoms with van der Waals surface area (Å²) in [6, 6.07) is 15.5. The van der Waals surface area contributed by atoms with Crippen LogP contribution in [0.3, 0.4) is 0 Å². The summed E-state index contributed by atoms with van der Waals surface area (Å²) < 4.78 is 18.5. The Morgan fingerprint density at radius 3 is 2.39 bits per heavy atom. The van der Waals surface area contributed by atoms with E-state index in [1.165, 1.54) is 12.1 Å². The number of carbonyl (C=O) groups excluding carboxylic acids is 1. The maximum Gasteiger partial charge on any atom is 0.226 e. The van der Waals surface area contributed by atoms with Gasteiger partial charge in [0.05, 0.1) is 6.04 Å². The first-order valence-electron chi connectivity index (χ1n) is 9.45. The van der Waals surface area contributed by atoms with E-state index in [4.69, 9.17) is 4.52 Å². The van der Waals surface area contributed by atoms with E-state index in [1.807, 2.05) is 44.2 Å². The monoisotopic (exact) mass is 381 g/mol. The van der Waals surface area contributed by atoms with E-state index in [2.05, 4.69) is 15.5 Å². The van der Waals surface area contributed by atoms with E-state index in [1.54, 1.807) is 12.1 Å². The van der Waals surface area contributed by atoms with Gasteiger partial charge in [0.15, 0.2) is 5.82 Å². The first-order chi connectivity index (χ1) is 13.5. The second-order valence-corrected chi connectivity index (χ2v) is 7.02. The fourth-order valence-electron chi connectivity index (χ4n) is 2.90. The molecule has 0 aliphatic carbocycles. The van der Waals surface area contributed by atoms with Gasteiger partial charge in [-0.15, -0.1) is 0 Å². The standard InChI is InChI=1S/C22H24FN3O2/c1-15(2)22-25-20(28-26-22)10-6-9-19(27)24-21(16-7-4-3-5-8-16)17-11-13-18(23)14-12-17/h3-5,7-8,11-15,21H,6,9-10H2,1-2H3,(H,24,27)/t21-/m1/s1. The van der Waals surface area contributed by atoms with E-state index in [0.29, 0.717) is 31.0 Å². The molecule has 1 amide bonds. The van der Waals surface area contributed by atoms with Crippen molar-refractivity contribution in [1.82, 2.24) is 15.5 Å². The lowest BCUT2D eigenvalue weighted by Gasteiger charge is -2.20. The Morgan fingerprint density at radius 2 is 1.75 bits per heavy atom. The van der Waals surface area contributed by atoms with E-state index >= 15 is 0 Å². The van der Waals surface area contributed by atoms with Crippen LogP contribution in [0.2, 0.25) is 0 Å². The SMILES string of the molecule is CC(C)c1noc(CCCC(=O)N[C@H](c2ccccc2)c2ccc(F)cc2)n1. The van der Waals surface area contributed by atoms with Gasteiger partial charge in [-0.2, -0.15) is 4.98 Å². The number of amides is 1. The summed E-state index contributed by atoms with van der Waals surface area (Å²) in [7, 11) is 0. The predicted molar refractivity (Wildman–Crippen MR) is 104 cm³/mol. The van der Waals surface area contributed by atoms with Gasteiger partial charge in [-0.3, -0.25) is 4.79 Å². The van der Waals surface area contributed by atoms with Crippen LogP contribution in [0.25, 0.3) is 0 Å². The third-order valence-electron chi connectivity index (χ3n) is 4.44. The summed E-state index contributed by atoms with van der Waals surface area (Å²) in [5.41, 5.74) is 1.78. The Bertz CT molecular complexity index is 892. The van der Waals surface area contributed by atoms with Crippen LogP contribution in [0.1, 0.15) is 61.5 Å². The quantitative estimate of drug-likeness (QED) is 0.621. The average Bonchev–Trinajstić information content (AvgIpc) is 3.17. The highest BCUT2D eigenvalue weighted by Gasteiger charge is 2.17. The molecule has 1 aromatic heterocycles. The topological polar surface area (TPSA) is 68.0 Å². The second-order valence-electron chi connectivity index (χ2n) is 7.02. The van der Waals surface area contributed by atoms with Crippen LogP contribution < -0.4 is 5.32 Å². The van der Waals surface area contributed by atoms with Crippen LogP contribution in [0.5, 0.6) is 0 Å². The molecular formula is C22H24FN3O2. The molecule has 2 aromatic carbocycles. The number of carbonyl (C=O) groups is 1. The van der Waals surface area contributed by atoms with Crippen molar-refractivity contribution >= 4 is 5.91 Å². The van der Waals surface area contributed by atoms with Crippen molar-refractivity contribution in [2.75, 3.05) is 0 Å². The van der Waals surface area contributed by atoms with Gasteiger partial charge >= 0.3 is 0 Å². The lowest BCUT2D eigenvalue weighted by atomic mass is 9.98. The van der Waals surface area contributed by atoms with Crippen molar-refractivity contribution in [3.05, 3.63) is 83.3 Å². The van der Waals surface area contributed by atoms with E-state index in [-0.39, 0.29) is 23.7 Å². The molecule has 0 aliphatic heterocycles.